The van der Waals surface area contributed by atoms with Gasteiger partial charge in [0.15, 0.2) is 5.69 Å². The number of rotatable bonds is 2. The van der Waals surface area contributed by atoms with Gasteiger partial charge in [-0.2, -0.15) is 8.42 Å². The number of anilines is 1. The summed E-state index contributed by atoms with van der Waals surface area (Å²) in [6.45, 7) is 1.28. The molecule has 0 radical (unpaired) electrons. The fourth-order valence-corrected chi connectivity index (χ4v) is 1.54. The Balaban J connectivity index is 3.63. The van der Waals surface area contributed by atoms with Gasteiger partial charge in [0.2, 0.25) is 5.03 Å². The van der Waals surface area contributed by atoms with Crippen LogP contribution in [0, 0.1) is 6.92 Å². The molecule has 0 aromatic carbocycles. The average Bonchev–Trinajstić information content (AvgIpc) is 2.06. The summed E-state index contributed by atoms with van der Waals surface area (Å²) in [5.74, 6) is -1.61. The summed E-state index contributed by atoms with van der Waals surface area (Å²) in [6.07, 6.45) is 0. The highest BCUT2D eigenvalue weighted by Crippen LogP contribution is 2.18. The second-order valence-corrected chi connectivity index (χ2v) is 3.96. The van der Waals surface area contributed by atoms with E-state index < -0.39 is 32.5 Å². The normalized spacial score (nSPS) is 11.3. The van der Waals surface area contributed by atoms with Crippen LogP contribution in [0.25, 0.3) is 0 Å². The monoisotopic (exact) mass is 233 g/mol. The summed E-state index contributed by atoms with van der Waals surface area (Å²) in [5.41, 5.74) is 3.85. The van der Waals surface area contributed by atoms with Gasteiger partial charge in [0.1, 0.15) is 11.5 Å². The van der Waals surface area contributed by atoms with Crippen LogP contribution in [0.5, 0.6) is 0 Å². The molecule has 1 aromatic heterocycles. The molecular weight excluding hydrogens is 226 g/mol. The fourth-order valence-electron chi connectivity index (χ4n) is 0.915. The number of hydrogen-bond donors (Lipinski definition) is 3. The molecular formula is C6H7N3O5S. The average molecular weight is 233 g/mol. The van der Waals surface area contributed by atoms with Gasteiger partial charge in [-0.25, -0.2) is 14.8 Å². The number of aromatic nitrogens is 2. The van der Waals surface area contributed by atoms with Crippen LogP contribution in [-0.4, -0.2) is 34.0 Å². The fraction of sp³-hybridized carbons (Fsp3) is 0.167. The number of nitrogens with zero attached hydrogens (tertiary/aromatic N) is 2. The summed E-state index contributed by atoms with van der Waals surface area (Å²) >= 11 is 0. The highest BCUT2D eigenvalue weighted by atomic mass is 32.2. The molecule has 1 aromatic rings. The van der Waals surface area contributed by atoms with Crippen molar-refractivity contribution in [1.29, 1.82) is 0 Å². The van der Waals surface area contributed by atoms with Crippen molar-refractivity contribution in [3.63, 3.8) is 0 Å². The molecule has 4 N–H and O–H groups in total. The molecule has 0 aliphatic carbocycles. The summed E-state index contributed by atoms with van der Waals surface area (Å²) in [4.78, 5) is 17.4. The first-order valence-electron chi connectivity index (χ1n) is 3.58. The first-order chi connectivity index (χ1) is 6.73. The summed E-state index contributed by atoms with van der Waals surface area (Å²) < 4.78 is 30.3. The van der Waals surface area contributed by atoms with Gasteiger partial charge >= 0.3 is 16.1 Å². The lowest BCUT2D eigenvalue weighted by Gasteiger charge is -2.05. The Hall–Kier alpha value is -1.74. The molecule has 9 heteroatoms. The first-order valence-corrected chi connectivity index (χ1v) is 5.02. The van der Waals surface area contributed by atoms with Crippen LogP contribution in [0.3, 0.4) is 0 Å². The zero-order valence-corrected chi connectivity index (χ0v) is 8.32. The van der Waals surface area contributed by atoms with E-state index in [2.05, 4.69) is 9.97 Å². The van der Waals surface area contributed by atoms with Gasteiger partial charge in [0.05, 0.1) is 0 Å². The zero-order valence-electron chi connectivity index (χ0n) is 7.50. The van der Waals surface area contributed by atoms with E-state index in [1.54, 1.807) is 0 Å². The maximum atomic E-state index is 10.8. The molecule has 8 nitrogen and oxygen atoms in total. The molecule has 1 rings (SSSR count). The molecule has 15 heavy (non-hydrogen) atoms. The zero-order chi connectivity index (χ0) is 11.8. The van der Waals surface area contributed by atoms with Crippen molar-refractivity contribution in [2.24, 2.45) is 0 Å². The predicted octanol–water partition coefficient (Wildman–Crippen LogP) is -0.688. The van der Waals surface area contributed by atoms with Gasteiger partial charge < -0.3 is 10.8 Å². The van der Waals surface area contributed by atoms with Crippen LogP contribution in [0.2, 0.25) is 0 Å². The molecule has 0 saturated heterocycles. The summed E-state index contributed by atoms with van der Waals surface area (Å²) in [6, 6.07) is 0. The quantitative estimate of drug-likeness (QED) is 0.449. The Kier molecular flexibility index (Phi) is 2.60. The third kappa shape index (κ3) is 2.19. The van der Waals surface area contributed by atoms with Gasteiger partial charge in [-0.05, 0) is 6.92 Å². The topological polar surface area (TPSA) is 143 Å². The molecule has 0 aliphatic rings. The minimum absolute atomic E-state index is 0.116. The van der Waals surface area contributed by atoms with Crippen LogP contribution in [-0.2, 0) is 10.1 Å². The molecule has 0 unspecified atom stereocenters. The number of aryl methyl sites for hydroxylation is 1. The largest absolute Gasteiger partial charge is 0.476 e. The lowest BCUT2D eigenvalue weighted by atomic mass is 10.3. The molecule has 0 bridgehead atoms. The number of hydrogen-bond acceptors (Lipinski definition) is 6. The summed E-state index contributed by atoms with van der Waals surface area (Å²) in [5, 5.41) is 7.74. The van der Waals surface area contributed by atoms with Crippen LogP contribution in [0.1, 0.15) is 16.3 Å². The second-order valence-electron chi connectivity index (χ2n) is 2.62. The van der Waals surface area contributed by atoms with Crippen molar-refractivity contribution in [3.8, 4) is 0 Å². The SMILES string of the molecule is Cc1nc(C(=O)O)c(N)c(S(=O)(=O)O)n1. The lowest BCUT2D eigenvalue weighted by molar-refractivity contribution is 0.0691. The lowest BCUT2D eigenvalue weighted by Crippen LogP contribution is -2.15. The second kappa shape index (κ2) is 3.44. The minimum Gasteiger partial charge on any atom is -0.476 e. The maximum absolute atomic E-state index is 10.8. The van der Waals surface area contributed by atoms with Crippen molar-refractivity contribution in [1.82, 2.24) is 9.97 Å². The molecule has 1 heterocycles. The van der Waals surface area contributed by atoms with E-state index in [-0.39, 0.29) is 5.82 Å². The third-order valence-electron chi connectivity index (χ3n) is 1.47. The van der Waals surface area contributed by atoms with Crippen molar-refractivity contribution < 1.29 is 22.9 Å². The molecule has 0 aliphatic heterocycles. The van der Waals surface area contributed by atoms with E-state index in [1.807, 2.05) is 0 Å². The Morgan fingerprint density at radius 2 is 1.93 bits per heavy atom. The smallest absolute Gasteiger partial charge is 0.356 e. The predicted molar refractivity (Wildman–Crippen MR) is 48.0 cm³/mol. The van der Waals surface area contributed by atoms with E-state index in [0.29, 0.717) is 0 Å². The Morgan fingerprint density at radius 1 is 1.40 bits per heavy atom. The van der Waals surface area contributed by atoms with E-state index in [9.17, 15) is 13.2 Å². The molecule has 82 valence electrons. The van der Waals surface area contributed by atoms with Gasteiger partial charge in [0, 0.05) is 0 Å². The first kappa shape index (κ1) is 11.3. The van der Waals surface area contributed by atoms with E-state index in [0.717, 1.165) is 0 Å². The molecule has 0 amide bonds. The number of carboxylic acid groups (broad SMARTS) is 1. The van der Waals surface area contributed by atoms with Gasteiger partial charge in [-0.3, -0.25) is 4.55 Å². The van der Waals surface area contributed by atoms with E-state index in [4.69, 9.17) is 15.4 Å². The van der Waals surface area contributed by atoms with E-state index in [1.165, 1.54) is 6.92 Å². The van der Waals surface area contributed by atoms with Crippen molar-refractivity contribution >= 4 is 21.8 Å². The third-order valence-corrected chi connectivity index (χ3v) is 2.27. The van der Waals surface area contributed by atoms with Crippen LogP contribution >= 0.6 is 0 Å². The Bertz CT molecular complexity index is 524. The van der Waals surface area contributed by atoms with Crippen LogP contribution in [0.15, 0.2) is 5.03 Å². The van der Waals surface area contributed by atoms with Crippen LogP contribution in [0.4, 0.5) is 5.69 Å². The highest BCUT2D eigenvalue weighted by Gasteiger charge is 2.23. The van der Waals surface area contributed by atoms with Gasteiger partial charge in [0.25, 0.3) is 0 Å². The number of aromatic carboxylic acids is 1. The minimum atomic E-state index is -4.65. The van der Waals surface area contributed by atoms with Gasteiger partial charge in [-0.15, -0.1) is 0 Å². The molecule has 0 fully saturated rings. The molecule has 0 spiro atoms. The maximum Gasteiger partial charge on any atom is 0.356 e. The van der Waals surface area contributed by atoms with Crippen molar-refractivity contribution in [3.05, 3.63) is 11.5 Å². The number of carboxylic acids is 1. The van der Waals surface area contributed by atoms with Crippen LogP contribution < -0.4 is 5.73 Å². The van der Waals surface area contributed by atoms with Gasteiger partial charge in [-0.1, -0.05) is 0 Å². The van der Waals surface area contributed by atoms with E-state index >= 15 is 0 Å². The Morgan fingerprint density at radius 3 is 2.33 bits per heavy atom. The highest BCUT2D eigenvalue weighted by molar-refractivity contribution is 7.85. The molecule has 0 saturated carbocycles. The summed E-state index contributed by atoms with van der Waals surface area (Å²) in [7, 11) is -4.65. The molecule has 0 atom stereocenters. The standard InChI is InChI=1S/C6H7N3O5S/c1-2-8-4(6(10)11)3(7)5(9-2)15(12,13)14/h7H2,1H3,(H,10,11)(H,12,13,14). The number of nitrogen functional groups attached to an aromatic ring is 1. The Labute approximate surface area is 84.5 Å². The number of nitrogens with two attached hydrogens (primary N) is 1. The van der Waals surface area contributed by atoms with Crippen molar-refractivity contribution in [2.75, 3.05) is 5.73 Å². The van der Waals surface area contributed by atoms with Crippen molar-refractivity contribution in [2.45, 2.75) is 11.9 Å². The number of carbonyl (C=O) groups is 1.